The normalized spacial score (nSPS) is 10.6. The number of hydrogen-bond acceptors (Lipinski definition) is 2. The van der Waals surface area contributed by atoms with Crippen LogP contribution >= 0.6 is 11.6 Å². The van der Waals surface area contributed by atoms with Gasteiger partial charge in [0.1, 0.15) is 12.4 Å². The molecule has 3 heteroatoms. The maximum absolute atomic E-state index is 6.20. The van der Waals surface area contributed by atoms with Gasteiger partial charge in [-0.25, -0.2) is 0 Å². The Morgan fingerprint density at radius 3 is 2.57 bits per heavy atom. The molecule has 0 saturated heterocycles. The number of halogens is 1. The summed E-state index contributed by atoms with van der Waals surface area (Å²) in [6.45, 7) is 6.62. The number of ether oxygens (including phenoxy) is 1. The lowest BCUT2D eigenvalue weighted by molar-refractivity contribution is 0.305. The third-order valence-corrected chi connectivity index (χ3v) is 3.63. The average Bonchev–Trinajstić information content (AvgIpc) is 2.48. The second kappa shape index (κ2) is 8.06. The van der Waals surface area contributed by atoms with Crippen LogP contribution in [0.2, 0.25) is 5.02 Å². The predicted octanol–water partition coefficient (Wildman–Crippen LogP) is 4.73. The minimum absolute atomic E-state index is 0.534. The van der Waals surface area contributed by atoms with Gasteiger partial charge in [0.2, 0.25) is 0 Å². The van der Waals surface area contributed by atoms with Gasteiger partial charge in [-0.05, 0) is 48.7 Å². The molecule has 0 aromatic heterocycles. The quantitative estimate of drug-likeness (QED) is 0.747. The highest BCUT2D eigenvalue weighted by atomic mass is 35.5. The van der Waals surface area contributed by atoms with Crippen molar-refractivity contribution in [2.45, 2.75) is 33.4 Å². The molecule has 0 fully saturated rings. The molecule has 2 nitrogen and oxygen atoms in total. The first-order valence-electron chi connectivity index (χ1n) is 7.37. The molecule has 0 amide bonds. The summed E-state index contributed by atoms with van der Waals surface area (Å²) in [5, 5.41) is 4.09. The molecule has 0 spiro atoms. The predicted molar refractivity (Wildman–Crippen MR) is 89.0 cm³/mol. The van der Waals surface area contributed by atoms with Gasteiger partial charge < -0.3 is 10.1 Å². The highest BCUT2D eigenvalue weighted by Gasteiger charge is 2.05. The SMILES string of the molecule is CCCNCc1ccccc1COc1ccc(C)cc1Cl. The molecule has 0 aliphatic rings. The van der Waals surface area contributed by atoms with Crippen LogP contribution in [0.5, 0.6) is 5.75 Å². The Morgan fingerprint density at radius 2 is 1.86 bits per heavy atom. The molecule has 21 heavy (non-hydrogen) atoms. The fraction of sp³-hybridized carbons (Fsp3) is 0.333. The van der Waals surface area contributed by atoms with Crippen molar-refractivity contribution in [3.05, 3.63) is 64.2 Å². The molecule has 0 atom stereocenters. The maximum atomic E-state index is 6.20. The van der Waals surface area contributed by atoms with Gasteiger partial charge in [0.15, 0.2) is 0 Å². The monoisotopic (exact) mass is 303 g/mol. The van der Waals surface area contributed by atoms with Crippen molar-refractivity contribution in [3.63, 3.8) is 0 Å². The van der Waals surface area contributed by atoms with Crippen molar-refractivity contribution in [1.82, 2.24) is 5.32 Å². The van der Waals surface area contributed by atoms with E-state index in [4.69, 9.17) is 16.3 Å². The molecular formula is C18H22ClNO. The van der Waals surface area contributed by atoms with Crippen molar-refractivity contribution in [2.75, 3.05) is 6.54 Å². The number of benzene rings is 2. The smallest absolute Gasteiger partial charge is 0.138 e. The largest absolute Gasteiger partial charge is 0.487 e. The number of hydrogen-bond donors (Lipinski definition) is 1. The van der Waals surface area contributed by atoms with E-state index in [1.54, 1.807) is 0 Å². The van der Waals surface area contributed by atoms with Crippen LogP contribution in [0.25, 0.3) is 0 Å². The highest BCUT2D eigenvalue weighted by Crippen LogP contribution is 2.26. The lowest BCUT2D eigenvalue weighted by Gasteiger charge is -2.13. The van der Waals surface area contributed by atoms with Crippen LogP contribution in [0.15, 0.2) is 42.5 Å². The molecule has 2 aromatic rings. The molecule has 0 aliphatic carbocycles. The third-order valence-electron chi connectivity index (χ3n) is 3.33. The maximum Gasteiger partial charge on any atom is 0.138 e. The van der Waals surface area contributed by atoms with Gasteiger partial charge in [-0.1, -0.05) is 48.9 Å². The molecule has 0 radical (unpaired) electrons. The van der Waals surface area contributed by atoms with E-state index in [0.29, 0.717) is 11.6 Å². The standard InChI is InChI=1S/C18H22ClNO/c1-3-10-20-12-15-6-4-5-7-16(15)13-21-18-9-8-14(2)11-17(18)19/h4-9,11,20H,3,10,12-13H2,1-2H3. The van der Waals surface area contributed by atoms with Crippen LogP contribution in [0.4, 0.5) is 0 Å². The third kappa shape index (κ3) is 4.76. The lowest BCUT2D eigenvalue weighted by Crippen LogP contribution is -2.15. The van der Waals surface area contributed by atoms with Crippen LogP contribution in [-0.4, -0.2) is 6.54 Å². The minimum Gasteiger partial charge on any atom is -0.487 e. The van der Waals surface area contributed by atoms with Gasteiger partial charge in [0.25, 0.3) is 0 Å². The number of nitrogens with one attached hydrogen (secondary N) is 1. The molecule has 112 valence electrons. The molecular weight excluding hydrogens is 282 g/mol. The van der Waals surface area contributed by atoms with E-state index < -0.39 is 0 Å². The lowest BCUT2D eigenvalue weighted by atomic mass is 10.1. The van der Waals surface area contributed by atoms with Gasteiger partial charge in [-0.15, -0.1) is 0 Å². The van der Waals surface area contributed by atoms with Crippen LogP contribution in [0.1, 0.15) is 30.0 Å². The molecule has 0 unspecified atom stereocenters. The van der Waals surface area contributed by atoms with Crippen LogP contribution in [-0.2, 0) is 13.2 Å². The highest BCUT2D eigenvalue weighted by molar-refractivity contribution is 6.32. The van der Waals surface area contributed by atoms with E-state index in [-0.39, 0.29) is 0 Å². The Bertz CT molecular complexity index is 583. The van der Waals surface area contributed by atoms with Crippen LogP contribution in [0.3, 0.4) is 0 Å². The Kier molecular flexibility index (Phi) is 6.09. The van der Waals surface area contributed by atoms with Crippen molar-refractivity contribution in [2.24, 2.45) is 0 Å². The van der Waals surface area contributed by atoms with Gasteiger partial charge in [-0.2, -0.15) is 0 Å². The fourth-order valence-corrected chi connectivity index (χ4v) is 2.44. The van der Waals surface area contributed by atoms with Gasteiger partial charge in [0.05, 0.1) is 5.02 Å². The fourth-order valence-electron chi connectivity index (χ4n) is 2.15. The summed E-state index contributed by atoms with van der Waals surface area (Å²) in [5.74, 6) is 0.735. The van der Waals surface area contributed by atoms with E-state index in [1.165, 1.54) is 11.1 Å². The summed E-state index contributed by atoms with van der Waals surface area (Å²) in [6.07, 6.45) is 1.14. The van der Waals surface area contributed by atoms with Crippen LogP contribution < -0.4 is 10.1 Å². The van der Waals surface area contributed by atoms with E-state index in [0.717, 1.165) is 30.8 Å². The summed E-state index contributed by atoms with van der Waals surface area (Å²) >= 11 is 6.20. The number of rotatable bonds is 7. The Hall–Kier alpha value is -1.51. The molecule has 0 heterocycles. The average molecular weight is 304 g/mol. The second-order valence-corrected chi connectivity index (χ2v) is 5.58. The van der Waals surface area contributed by atoms with Crippen molar-refractivity contribution < 1.29 is 4.74 Å². The summed E-state index contributed by atoms with van der Waals surface area (Å²) < 4.78 is 5.87. The first-order valence-corrected chi connectivity index (χ1v) is 7.75. The summed E-state index contributed by atoms with van der Waals surface area (Å²) in [4.78, 5) is 0. The Labute approximate surface area is 132 Å². The summed E-state index contributed by atoms with van der Waals surface area (Å²) in [5.41, 5.74) is 3.60. The first-order chi connectivity index (χ1) is 10.2. The number of aryl methyl sites for hydroxylation is 1. The van der Waals surface area contributed by atoms with Gasteiger partial charge in [-0.3, -0.25) is 0 Å². The summed E-state index contributed by atoms with van der Waals surface area (Å²) in [7, 11) is 0. The molecule has 0 aliphatic heterocycles. The van der Waals surface area contributed by atoms with E-state index >= 15 is 0 Å². The van der Waals surface area contributed by atoms with Crippen molar-refractivity contribution in [1.29, 1.82) is 0 Å². The molecule has 0 saturated carbocycles. The minimum atomic E-state index is 0.534. The zero-order chi connectivity index (χ0) is 15.1. The van der Waals surface area contributed by atoms with Crippen molar-refractivity contribution >= 4 is 11.6 Å². The molecule has 2 aromatic carbocycles. The second-order valence-electron chi connectivity index (χ2n) is 5.17. The first kappa shape index (κ1) is 15.9. The van der Waals surface area contributed by atoms with Crippen LogP contribution in [0, 0.1) is 6.92 Å². The van der Waals surface area contributed by atoms with E-state index in [2.05, 4.69) is 30.4 Å². The van der Waals surface area contributed by atoms with Gasteiger partial charge in [0, 0.05) is 6.54 Å². The Morgan fingerprint density at radius 1 is 1.10 bits per heavy atom. The van der Waals surface area contributed by atoms with E-state index in [9.17, 15) is 0 Å². The molecule has 2 rings (SSSR count). The van der Waals surface area contributed by atoms with Crippen molar-refractivity contribution in [3.8, 4) is 5.75 Å². The molecule has 0 bridgehead atoms. The van der Waals surface area contributed by atoms with E-state index in [1.807, 2.05) is 31.2 Å². The zero-order valence-electron chi connectivity index (χ0n) is 12.7. The Balaban J connectivity index is 2.02. The van der Waals surface area contributed by atoms with Gasteiger partial charge >= 0.3 is 0 Å². The molecule has 1 N–H and O–H groups in total. The topological polar surface area (TPSA) is 21.3 Å². The summed E-state index contributed by atoms with van der Waals surface area (Å²) in [6, 6.07) is 14.2. The zero-order valence-corrected chi connectivity index (χ0v) is 13.4.